The summed E-state index contributed by atoms with van der Waals surface area (Å²) >= 11 is 0. The van der Waals surface area contributed by atoms with Crippen LogP contribution in [0.4, 0.5) is 18.9 Å². The molecule has 0 radical (unpaired) electrons. The van der Waals surface area contributed by atoms with E-state index in [1.165, 1.54) is 11.0 Å². The summed E-state index contributed by atoms with van der Waals surface area (Å²) in [5.41, 5.74) is 4.61. The molecule has 0 aliphatic carbocycles. The van der Waals surface area contributed by atoms with Gasteiger partial charge in [0.15, 0.2) is 0 Å². The molecular formula is C16H21ClF3N3O2. The topological polar surface area (TPSA) is 75.4 Å². The fourth-order valence-corrected chi connectivity index (χ4v) is 2.50. The lowest BCUT2D eigenvalue weighted by atomic mass is 10.1. The molecule has 0 spiro atoms. The third-order valence-corrected chi connectivity index (χ3v) is 3.78. The Balaban J connectivity index is 0.00000312. The summed E-state index contributed by atoms with van der Waals surface area (Å²) in [4.78, 5) is 25.2. The van der Waals surface area contributed by atoms with E-state index in [0.717, 1.165) is 12.1 Å². The fourth-order valence-electron chi connectivity index (χ4n) is 2.50. The molecule has 2 rings (SSSR count). The van der Waals surface area contributed by atoms with Crippen molar-refractivity contribution in [3.8, 4) is 0 Å². The van der Waals surface area contributed by atoms with Gasteiger partial charge in [-0.1, -0.05) is 0 Å². The highest BCUT2D eigenvalue weighted by molar-refractivity contribution is 5.99. The summed E-state index contributed by atoms with van der Waals surface area (Å²) in [5, 5.41) is 2.55. The molecule has 1 aromatic rings. The lowest BCUT2D eigenvalue weighted by Crippen LogP contribution is -2.30. The Morgan fingerprint density at radius 2 is 2.04 bits per heavy atom. The number of halogens is 4. The molecule has 2 amide bonds. The molecule has 3 N–H and O–H groups in total. The third kappa shape index (κ3) is 5.61. The highest BCUT2D eigenvalue weighted by Crippen LogP contribution is 2.34. The summed E-state index contributed by atoms with van der Waals surface area (Å²) in [6, 6.07) is 2.90. The van der Waals surface area contributed by atoms with Crippen molar-refractivity contribution in [1.82, 2.24) is 5.32 Å². The smallest absolute Gasteiger partial charge is 0.352 e. The number of benzene rings is 1. The second-order valence-corrected chi connectivity index (χ2v) is 5.94. The van der Waals surface area contributed by atoms with Crippen LogP contribution in [0.5, 0.6) is 0 Å². The predicted molar refractivity (Wildman–Crippen MR) is 90.9 cm³/mol. The normalized spacial score (nSPS) is 15.7. The van der Waals surface area contributed by atoms with E-state index in [1.54, 1.807) is 6.92 Å². The molecule has 1 fully saturated rings. The zero-order chi connectivity index (χ0) is 17.9. The van der Waals surface area contributed by atoms with E-state index in [-0.39, 0.29) is 42.2 Å². The average Bonchev–Trinajstić information content (AvgIpc) is 2.91. The van der Waals surface area contributed by atoms with Crippen LogP contribution in [-0.4, -0.2) is 30.9 Å². The molecule has 5 nitrogen and oxygen atoms in total. The van der Waals surface area contributed by atoms with Gasteiger partial charge >= 0.3 is 6.18 Å². The van der Waals surface area contributed by atoms with Gasteiger partial charge in [0.1, 0.15) is 0 Å². The summed E-state index contributed by atoms with van der Waals surface area (Å²) in [5.74, 6) is -0.854. The number of nitrogens with zero attached hydrogens (tertiary/aromatic N) is 1. The average molecular weight is 380 g/mol. The summed E-state index contributed by atoms with van der Waals surface area (Å²) < 4.78 is 39.3. The number of nitrogens with two attached hydrogens (primary N) is 1. The van der Waals surface area contributed by atoms with Gasteiger partial charge in [-0.05, 0) is 38.0 Å². The van der Waals surface area contributed by atoms with Crippen molar-refractivity contribution in [3.63, 3.8) is 0 Å². The molecule has 9 heteroatoms. The van der Waals surface area contributed by atoms with Crippen LogP contribution in [0.25, 0.3) is 0 Å². The minimum Gasteiger partial charge on any atom is -0.352 e. The summed E-state index contributed by atoms with van der Waals surface area (Å²) in [6.07, 6.45) is -3.20. The lowest BCUT2D eigenvalue weighted by Gasteiger charge is -2.19. The molecule has 1 aliphatic rings. The molecule has 1 aromatic carbocycles. The van der Waals surface area contributed by atoms with E-state index in [9.17, 15) is 22.8 Å². The summed E-state index contributed by atoms with van der Waals surface area (Å²) in [6.45, 7) is 2.39. The minimum absolute atomic E-state index is 0. The molecular weight excluding hydrogens is 359 g/mol. The van der Waals surface area contributed by atoms with E-state index in [2.05, 4.69) is 5.32 Å². The quantitative estimate of drug-likeness (QED) is 0.826. The SMILES string of the molecule is CC(N)CCNC(=O)c1cc(N2CCCC2=O)cc(C(F)(F)F)c1.Cl. The number of hydrogen-bond donors (Lipinski definition) is 2. The van der Waals surface area contributed by atoms with Gasteiger partial charge in [0, 0.05) is 36.8 Å². The molecule has 0 bridgehead atoms. The largest absolute Gasteiger partial charge is 0.416 e. The van der Waals surface area contributed by atoms with Crippen molar-refractivity contribution < 1.29 is 22.8 Å². The third-order valence-electron chi connectivity index (χ3n) is 3.78. The highest BCUT2D eigenvalue weighted by atomic mass is 35.5. The van der Waals surface area contributed by atoms with Gasteiger partial charge in [-0.3, -0.25) is 9.59 Å². The first-order valence-corrected chi connectivity index (χ1v) is 7.75. The number of rotatable bonds is 5. The second kappa shape index (κ2) is 8.53. The van der Waals surface area contributed by atoms with Crippen molar-refractivity contribution in [3.05, 3.63) is 29.3 Å². The highest BCUT2D eigenvalue weighted by Gasteiger charge is 2.33. The molecule has 1 atom stereocenters. The first-order valence-electron chi connectivity index (χ1n) is 7.75. The zero-order valence-corrected chi connectivity index (χ0v) is 14.5. The molecule has 1 unspecified atom stereocenters. The Bertz CT molecular complexity index is 636. The van der Waals surface area contributed by atoms with E-state index in [4.69, 9.17) is 5.73 Å². The van der Waals surface area contributed by atoms with Crippen LogP contribution in [0.2, 0.25) is 0 Å². The van der Waals surface area contributed by atoms with Gasteiger partial charge in [-0.2, -0.15) is 13.2 Å². The van der Waals surface area contributed by atoms with Crippen LogP contribution in [0.1, 0.15) is 42.1 Å². The first kappa shape index (κ1) is 21.2. The van der Waals surface area contributed by atoms with Crippen LogP contribution in [-0.2, 0) is 11.0 Å². The number of carbonyl (C=O) groups excluding carboxylic acids is 2. The lowest BCUT2D eigenvalue weighted by molar-refractivity contribution is -0.137. The van der Waals surface area contributed by atoms with Crippen LogP contribution >= 0.6 is 12.4 Å². The fraction of sp³-hybridized carbons (Fsp3) is 0.500. The van der Waals surface area contributed by atoms with Gasteiger partial charge in [-0.15, -0.1) is 12.4 Å². The van der Waals surface area contributed by atoms with Crippen molar-refractivity contribution in [1.29, 1.82) is 0 Å². The van der Waals surface area contributed by atoms with Gasteiger partial charge < -0.3 is 16.0 Å². The van der Waals surface area contributed by atoms with Gasteiger partial charge in [0.05, 0.1) is 5.56 Å². The Labute approximate surface area is 150 Å². The Hall–Kier alpha value is -1.80. The molecule has 140 valence electrons. The molecule has 1 saturated heterocycles. The van der Waals surface area contributed by atoms with Crippen molar-refractivity contribution in [2.45, 2.75) is 38.4 Å². The maximum Gasteiger partial charge on any atom is 0.416 e. The van der Waals surface area contributed by atoms with Crippen molar-refractivity contribution in [2.24, 2.45) is 5.73 Å². The monoisotopic (exact) mass is 379 g/mol. The standard InChI is InChI=1S/C16H20F3N3O2.ClH/c1-10(20)4-5-21-15(24)11-7-12(16(17,18)19)9-13(8-11)22-6-2-3-14(22)23;/h7-10H,2-6,20H2,1H3,(H,21,24);1H. The van der Waals surface area contributed by atoms with Gasteiger partial charge in [-0.25, -0.2) is 0 Å². The Morgan fingerprint density at radius 3 is 2.56 bits per heavy atom. The van der Waals surface area contributed by atoms with E-state index in [1.807, 2.05) is 0 Å². The van der Waals surface area contributed by atoms with E-state index < -0.39 is 17.6 Å². The Morgan fingerprint density at radius 1 is 1.36 bits per heavy atom. The maximum absolute atomic E-state index is 13.1. The first-order chi connectivity index (χ1) is 11.2. The number of nitrogens with one attached hydrogen (secondary N) is 1. The summed E-state index contributed by atoms with van der Waals surface area (Å²) in [7, 11) is 0. The number of amides is 2. The minimum atomic E-state index is -4.60. The van der Waals surface area contributed by atoms with Gasteiger partial charge in [0.2, 0.25) is 5.91 Å². The van der Waals surface area contributed by atoms with Gasteiger partial charge in [0.25, 0.3) is 5.91 Å². The molecule has 1 aliphatic heterocycles. The van der Waals surface area contributed by atoms with Crippen LogP contribution in [0.15, 0.2) is 18.2 Å². The second-order valence-electron chi connectivity index (χ2n) is 5.94. The predicted octanol–water partition coefficient (Wildman–Crippen LogP) is 2.72. The maximum atomic E-state index is 13.1. The number of anilines is 1. The van der Waals surface area contributed by atoms with E-state index >= 15 is 0 Å². The molecule has 1 heterocycles. The van der Waals surface area contributed by atoms with Crippen LogP contribution in [0.3, 0.4) is 0 Å². The zero-order valence-electron chi connectivity index (χ0n) is 13.7. The Kier molecular flexibility index (Phi) is 7.25. The number of carbonyl (C=O) groups is 2. The van der Waals surface area contributed by atoms with Crippen LogP contribution in [0, 0.1) is 0 Å². The number of alkyl halides is 3. The van der Waals surface area contributed by atoms with Crippen molar-refractivity contribution in [2.75, 3.05) is 18.0 Å². The molecule has 25 heavy (non-hydrogen) atoms. The van der Waals surface area contributed by atoms with E-state index in [0.29, 0.717) is 25.8 Å². The van der Waals surface area contributed by atoms with Crippen molar-refractivity contribution >= 4 is 29.9 Å². The molecule has 0 saturated carbocycles. The number of hydrogen-bond acceptors (Lipinski definition) is 3. The van der Waals surface area contributed by atoms with Crippen LogP contribution < -0.4 is 16.0 Å². The molecule has 0 aromatic heterocycles.